The van der Waals surface area contributed by atoms with Gasteiger partial charge in [0.15, 0.2) is 5.71 Å². The third-order valence-electron chi connectivity index (χ3n) is 2.76. The minimum absolute atomic E-state index is 0.0478. The SMILES string of the molecule is C=Cc1ccc(C(=O)O/N=C(\C#N)c2ccccc2)cc1. The van der Waals surface area contributed by atoms with Gasteiger partial charge < -0.3 is 4.84 Å². The molecule has 21 heavy (non-hydrogen) atoms. The highest BCUT2D eigenvalue weighted by atomic mass is 16.7. The Kier molecular flexibility index (Phi) is 4.62. The maximum absolute atomic E-state index is 11.8. The number of carbonyl (C=O) groups excluding carboxylic acids is 1. The Balaban J connectivity index is 2.13. The van der Waals surface area contributed by atoms with Gasteiger partial charge in [-0.3, -0.25) is 0 Å². The van der Waals surface area contributed by atoms with Crippen molar-refractivity contribution in [2.45, 2.75) is 0 Å². The van der Waals surface area contributed by atoms with E-state index in [9.17, 15) is 4.79 Å². The Morgan fingerprint density at radius 2 is 1.76 bits per heavy atom. The van der Waals surface area contributed by atoms with Crippen LogP contribution >= 0.6 is 0 Å². The molecular formula is C17H12N2O2. The number of nitrogens with zero attached hydrogens (tertiary/aromatic N) is 2. The Bertz CT molecular complexity index is 711. The first kappa shape index (κ1) is 14.2. The second-order valence-corrected chi connectivity index (χ2v) is 4.12. The van der Waals surface area contributed by atoms with E-state index in [0.717, 1.165) is 5.56 Å². The highest BCUT2D eigenvalue weighted by Crippen LogP contribution is 2.08. The number of hydrogen-bond donors (Lipinski definition) is 0. The molecule has 0 aliphatic carbocycles. The molecule has 0 radical (unpaired) electrons. The van der Waals surface area contributed by atoms with E-state index in [2.05, 4.69) is 11.7 Å². The van der Waals surface area contributed by atoms with Crippen LogP contribution in [0.4, 0.5) is 0 Å². The molecule has 0 amide bonds. The highest BCUT2D eigenvalue weighted by Gasteiger charge is 2.08. The van der Waals surface area contributed by atoms with Crippen molar-refractivity contribution in [2.24, 2.45) is 5.16 Å². The molecule has 102 valence electrons. The molecule has 0 N–H and O–H groups in total. The van der Waals surface area contributed by atoms with Crippen LogP contribution in [-0.2, 0) is 4.84 Å². The molecule has 2 rings (SSSR count). The number of hydrogen-bond acceptors (Lipinski definition) is 4. The highest BCUT2D eigenvalue weighted by molar-refractivity contribution is 6.11. The normalized spacial score (nSPS) is 10.5. The number of oxime groups is 1. The van der Waals surface area contributed by atoms with E-state index in [4.69, 9.17) is 10.1 Å². The van der Waals surface area contributed by atoms with E-state index >= 15 is 0 Å². The van der Waals surface area contributed by atoms with Crippen LogP contribution in [0, 0.1) is 11.3 Å². The Morgan fingerprint density at radius 3 is 2.33 bits per heavy atom. The van der Waals surface area contributed by atoms with E-state index in [1.807, 2.05) is 12.1 Å². The fourth-order valence-corrected chi connectivity index (χ4v) is 1.63. The fourth-order valence-electron chi connectivity index (χ4n) is 1.63. The quantitative estimate of drug-likeness (QED) is 0.488. The largest absolute Gasteiger partial charge is 0.365 e. The summed E-state index contributed by atoms with van der Waals surface area (Å²) in [6.07, 6.45) is 1.68. The molecule has 2 aromatic carbocycles. The van der Waals surface area contributed by atoms with Gasteiger partial charge >= 0.3 is 5.97 Å². The van der Waals surface area contributed by atoms with Gasteiger partial charge in [0, 0.05) is 5.56 Å². The molecule has 0 bridgehead atoms. The van der Waals surface area contributed by atoms with Gasteiger partial charge in [-0.05, 0) is 17.7 Å². The van der Waals surface area contributed by atoms with Gasteiger partial charge in [0.05, 0.1) is 5.56 Å². The van der Waals surface area contributed by atoms with Crippen LogP contribution in [0.5, 0.6) is 0 Å². The molecule has 0 aromatic heterocycles. The predicted octanol–water partition coefficient (Wildman–Crippen LogP) is 3.41. The smallest absolute Gasteiger partial charge is 0.311 e. The average Bonchev–Trinajstić information content (AvgIpc) is 2.56. The first-order valence-corrected chi connectivity index (χ1v) is 6.22. The minimum atomic E-state index is -0.616. The number of benzene rings is 2. The van der Waals surface area contributed by atoms with Crippen LogP contribution < -0.4 is 0 Å². The van der Waals surface area contributed by atoms with E-state index < -0.39 is 5.97 Å². The second-order valence-electron chi connectivity index (χ2n) is 4.12. The zero-order valence-electron chi connectivity index (χ0n) is 11.2. The van der Waals surface area contributed by atoms with Gasteiger partial charge in [-0.15, -0.1) is 0 Å². The maximum Gasteiger partial charge on any atom is 0.365 e. The lowest BCUT2D eigenvalue weighted by Crippen LogP contribution is -2.04. The molecule has 0 spiro atoms. The van der Waals surface area contributed by atoms with Crippen molar-refractivity contribution >= 4 is 17.8 Å². The van der Waals surface area contributed by atoms with Crippen molar-refractivity contribution in [1.82, 2.24) is 0 Å². The second kappa shape index (κ2) is 6.83. The van der Waals surface area contributed by atoms with Crippen molar-refractivity contribution < 1.29 is 9.63 Å². The van der Waals surface area contributed by atoms with Gasteiger partial charge in [-0.2, -0.15) is 5.26 Å². The van der Waals surface area contributed by atoms with Gasteiger partial charge in [-0.1, -0.05) is 60.3 Å². The first-order valence-electron chi connectivity index (χ1n) is 6.22. The van der Waals surface area contributed by atoms with Crippen LogP contribution in [-0.4, -0.2) is 11.7 Å². The topological polar surface area (TPSA) is 62.4 Å². The Morgan fingerprint density at radius 1 is 1.10 bits per heavy atom. The van der Waals surface area contributed by atoms with Crippen molar-refractivity contribution in [1.29, 1.82) is 5.26 Å². The summed E-state index contributed by atoms with van der Waals surface area (Å²) < 4.78 is 0. The van der Waals surface area contributed by atoms with Crippen molar-refractivity contribution in [2.75, 3.05) is 0 Å². The summed E-state index contributed by atoms with van der Waals surface area (Å²) in [4.78, 5) is 16.6. The van der Waals surface area contributed by atoms with Crippen LogP contribution in [0.1, 0.15) is 21.5 Å². The third-order valence-corrected chi connectivity index (χ3v) is 2.76. The van der Waals surface area contributed by atoms with Crippen molar-refractivity contribution in [3.05, 3.63) is 77.9 Å². The summed E-state index contributed by atoms with van der Waals surface area (Å²) in [5.74, 6) is -0.616. The lowest BCUT2D eigenvalue weighted by Gasteiger charge is -2.00. The predicted molar refractivity (Wildman–Crippen MR) is 80.5 cm³/mol. The summed E-state index contributed by atoms with van der Waals surface area (Å²) in [6, 6.07) is 17.4. The molecule has 0 aliphatic heterocycles. The lowest BCUT2D eigenvalue weighted by atomic mass is 10.1. The van der Waals surface area contributed by atoms with Gasteiger partial charge in [-0.25, -0.2) is 4.79 Å². The molecule has 2 aromatic rings. The molecular weight excluding hydrogens is 264 g/mol. The summed E-state index contributed by atoms with van der Waals surface area (Å²) in [5, 5.41) is 12.7. The standard InChI is InChI=1S/C17H12N2O2/c1-2-13-8-10-15(11-9-13)17(20)21-19-16(12-18)14-6-4-3-5-7-14/h2-11H,1H2/b19-16+. The monoisotopic (exact) mass is 276 g/mol. The Hall–Kier alpha value is -3.19. The molecule has 0 atom stereocenters. The summed E-state index contributed by atoms with van der Waals surface area (Å²) >= 11 is 0. The molecule has 0 saturated heterocycles. The van der Waals surface area contributed by atoms with Gasteiger partial charge in [0.1, 0.15) is 6.07 Å². The first-order chi connectivity index (χ1) is 10.2. The van der Waals surface area contributed by atoms with Gasteiger partial charge in [0.2, 0.25) is 0 Å². The van der Waals surface area contributed by atoms with Crippen molar-refractivity contribution in [3.63, 3.8) is 0 Å². The summed E-state index contributed by atoms with van der Waals surface area (Å²) in [6.45, 7) is 3.64. The van der Waals surface area contributed by atoms with Crippen LogP contribution in [0.2, 0.25) is 0 Å². The van der Waals surface area contributed by atoms with Crippen LogP contribution in [0.3, 0.4) is 0 Å². The van der Waals surface area contributed by atoms with Crippen LogP contribution in [0.15, 0.2) is 66.3 Å². The molecule has 4 heteroatoms. The number of nitriles is 1. The number of carbonyl (C=O) groups is 1. The lowest BCUT2D eigenvalue weighted by molar-refractivity contribution is 0.0517. The third kappa shape index (κ3) is 3.64. The maximum atomic E-state index is 11.8. The molecule has 0 fully saturated rings. The summed E-state index contributed by atoms with van der Waals surface area (Å²) in [5.41, 5.74) is 1.90. The van der Waals surface area contributed by atoms with Gasteiger partial charge in [0.25, 0.3) is 0 Å². The van der Waals surface area contributed by atoms with Crippen LogP contribution in [0.25, 0.3) is 6.08 Å². The zero-order valence-corrected chi connectivity index (χ0v) is 11.2. The average molecular weight is 276 g/mol. The summed E-state index contributed by atoms with van der Waals surface area (Å²) in [7, 11) is 0. The fraction of sp³-hybridized carbons (Fsp3) is 0. The Labute approximate surface area is 122 Å². The molecule has 4 nitrogen and oxygen atoms in total. The van der Waals surface area contributed by atoms with E-state index in [1.165, 1.54) is 0 Å². The molecule has 0 unspecified atom stereocenters. The molecule has 0 saturated carbocycles. The van der Waals surface area contributed by atoms with E-state index in [-0.39, 0.29) is 5.71 Å². The number of rotatable bonds is 4. The minimum Gasteiger partial charge on any atom is -0.311 e. The van der Waals surface area contributed by atoms with Crippen molar-refractivity contribution in [3.8, 4) is 6.07 Å². The zero-order chi connectivity index (χ0) is 15.1. The van der Waals surface area contributed by atoms with E-state index in [0.29, 0.717) is 11.1 Å². The molecule has 0 aliphatic rings. The van der Waals surface area contributed by atoms with E-state index in [1.54, 1.807) is 54.6 Å². The molecule has 0 heterocycles.